The summed E-state index contributed by atoms with van der Waals surface area (Å²) in [4.78, 5) is 86.1. The summed E-state index contributed by atoms with van der Waals surface area (Å²) in [6.45, 7) is 8.89. The first-order chi connectivity index (χ1) is 26.2. The SMILES string of the molecule is C.CC(C)(C)OC(=O)N1C(=O)CCC2(CCNC2=O)C1=O.CC(CO)(CO)CO.Cc1ccc(I)cc1.O=C1CCC2(CCN(c3ccc(O)cc3)C2=O)C(=O)N1. The lowest BCUT2D eigenvalue weighted by molar-refractivity contribution is -0.159. The number of aliphatic hydroxyl groups is 3. The third-order valence-corrected chi connectivity index (χ3v) is 10.4. The summed E-state index contributed by atoms with van der Waals surface area (Å²) in [6, 6.07) is 14.7. The number of benzene rings is 2. The quantitative estimate of drug-likeness (QED) is 0.147. The maximum absolute atomic E-state index is 12.6. The van der Waals surface area contributed by atoms with Crippen molar-refractivity contribution >= 4 is 69.8 Å². The van der Waals surface area contributed by atoms with Gasteiger partial charge in [-0.15, -0.1) is 0 Å². The number of imide groups is 4. The number of anilines is 1. The third-order valence-electron chi connectivity index (χ3n) is 9.68. The molecular formula is C40H55IN4O12. The van der Waals surface area contributed by atoms with E-state index in [4.69, 9.17) is 20.1 Å². The first-order valence-corrected chi connectivity index (χ1v) is 19.1. The lowest BCUT2D eigenvalue weighted by Crippen LogP contribution is -2.57. The van der Waals surface area contributed by atoms with Crippen LogP contribution in [-0.2, 0) is 33.5 Å². The van der Waals surface area contributed by atoms with Crippen molar-refractivity contribution in [2.75, 3.05) is 37.8 Å². The number of likely N-dealkylation sites (tertiary alicyclic amines) is 1. The normalized spacial score (nSPS) is 21.6. The number of carbonyl (C=O) groups is 7. The molecule has 0 saturated carbocycles. The maximum atomic E-state index is 12.6. The Morgan fingerprint density at radius 2 is 1.33 bits per heavy atom. The molecule has 57 heavy (non-hydrogen) atoms. The van der Waals surface area contributed by atoms with Crippen molar-refractivity contribution in [1.29, 1.82) is 0 Å². The fourth-order valence-corrected chi connectivity index (χ4v) is 6.36. The Bertz CT molecular complexity index is 1750. The minimum atomic E-state index is -1.29. The van der Waals surface area contributed by atoms with Gasteiger partial charge in [0.1, 0.15) is 22.2 Å². The summed E-state index contributed by atoms with van der Waals surface area (Å²) < 4.78 is 6.37. The first-order valence-electron chi connectivity index (χ1n) is 18.1. The molecule has 0 aromatic heterocycles. The average molecular weight is 911 g/mol. The number of aliphatic hydroxyl groups excluding tert-OH is 3. The zero-order valence-electron chi connectivity index (χ0n) is 32.2. The number of ether oxygens (including phenoxy) is 1. The molecule has 7 amide bonds. The number of nitrogens with zero attached hydrogens (tertiary/aromatic N) is 2. The van der Waals surface area contributed by atoms with Gasteiger partial charge in [-0.1, -0.05) is 32.0 Å². The second kappa shape index (κ2) is 20.3. The topological polar surface area (TPSA) is 240 Å². The molecule has 16 nitrogen and oxygen atoms in total. The molecule has 0 aliphatic carbocycles. The minimum absolute atomic E-state index is 0. The van der Waals surface area contributed by atoms with Crippen molar-refractivity contribution in [3.63, 3.8) is 0 Å². The van der Waals surface area contributed by atoms with Gasteiger partial charge in [0.15, 0.2) is 0 Å². The highest BCUT2D eigenvalue weighted by Crippen LogP contribution is 2.41. The summed E-state index contributed by atoms with van der Waals surface area (Å²) in [7, 11) is 0. The largest absolute Gasteiger partial charge is 0.508 e. The number of piperidine rings is 2. The van der Waals surface area contributed by atoms with Gasteiger partial charge in [-0.2, -0.15) is 4.90 Å². The van der Waals surface area contributed by atoms with E-state index in [-0.39, 0.29) is 70.5 Å². The second-order valence-corrected chi connectivity index (χ2v) is 16.6. The molecular weight excluding hydrogens is 855 g/mol. The average Bonchev–Trinajstić information content (AvgIpc) is 3.69. The molecule has 314 valence electrons. The van der Waals surface area contributed by atoms with Gasteiger partial charge in [-0.05, 0) is 112 Å². The van der Waals surface area contributed by atoms with Gasteiger partial charge in [0.25, 0.3) is 5.91 Å². The molecule has 4 aliphatic rings. The van der Waals surface area contributed by atoms with Gasteiger partial charge in [-0.25, -0.2) is 4.79 Å². The van der Waals surface area contributed by atoms with Crippen LogP contribution < -0.4 is 15.5 Å². The molecule has 6 N–H and O–H groups in total. The molecule has 4 aliphatic heterocycles. The highest BCUT2D eigenvalue weighted by atomic mass is 127. The molecule has 0 radical (unpaired) electrons. The maximum Gasteiger partial charge on any atom is 0.424 e. The number of aryl methyl sites for hydroxylation is 1. The number of hydrogen-bond donors (Lipinski definition) is 6. The van der Waals surface area contributed by atoms with E-state index in [2.05, 4.69) is 64.4 Å². The Labute approximate surface area is 346 Å². The molecule has 0 bridgehead atoms. The van der Waals surface area contributed by atoms with Gasteiger partial charge in [0.2, 0.25) is 29.5 Å². The molecule has 4 saturated heterocycles. The van der Waals surface area contributed by atoms with Crippen LogP contribution in [0.5, 0.6) is 5.75 Å². The number of phenolic OH excluding ortho intramolecular Hbond substituents is 1. The van der Waals surface area contributed by atoms with E-state index in [1.807, 2.05) is 0 Å². The molecule has 2 spiro atoms. The fraction of sp³-hybridized carbons (Fsp3) is 0.525. The number of hydrogen-bond acceptors (Lipinski definition) is 12. The lowest BCUT2D eigenvalue weighted by Gasteiger charge is -2.35. The van der Waals surface area contributed by atoms with Gasteiger partial charge < -0.3 is 35.4 Å². The Hall–Kier alpha value is -4.46. The summed E-state index contributed by atoms with van der Waals surface area (Å²) in [5, 5.41) is 39.5. The molecule has 4 heterocycles. The second-order valence-electron chi connectivity index (χ2n) is 15.4. The van der Waals surface area contributed by atoms with Gasteiger partial charge in [-0.3, -0.25) is 34.1 Å². The number of halogens is 1. The fourth-order valence-electron chi connectivity index (χ4n) is 6.00. The molecule has 2 atom stereocenters. The van der Waals surface area contributed by atoms with Crippen LogP contribution >= 0.6 is 22.6 Å². The predicted molar refractivity (Wildman–Crippen MR) is 217 cm³/mol. The zero-order chi connectivity index (χ0) is 42.1. The summed E-state index contributed by atoms with van der Waals surface area (Å²) in [5.74, 6) is -2.75. The molecule has 6 rings (SSSR count). The molecule has 2 aromatic rings. The molecule has 17 heteroatoms. The summed E-state index contributed by atoms with van der Waals surface area (Å²) >= 11 is 2.30. The number of nitrogens with one attached hydrogen (secondary N) is 2. The van der Waals surface area contributed by atoms with Gasteiger partial charge in [0.05, 0.1) is 19.8 Å². The monoisotopic (exact) mass is 910 g/mol. The predicted octanol–water partition coefficient (Wildman–Crippen LogP) is 3.33. The van der Waals surface area contributed by atoms with Crippen LogP contribution in [0.1, 0.15) is 79.2 Å². The van der Waals surface area contributed by atoms with E-state index in [9.17, 15) is 38.7 Å². The number of carbonyl (C=O) groups excluding carboxylic acids is 7. The van der Waals surface area contributed by atoms with E-state index in [1.165, 1.54) is 26.2 Å². The molecule has 2 aromatic carbocycles. The number of rotatable bonds is 4. The molecule has 4 fully saturated rings. The summed E-state index contributed by atoms with van der Waals surface area (Å²) in [6.07, 6.45) is 0.301. The van der Waals surface area contributed by atoms with E-state index < -0.39 is 51.6 Å². The van der Waals surface area contributed by atoms with Crippen molar-refractivity contribution in [2.24, 2.45) is 16.2 Å². The van der Waals surface area contributed by atoms with Crippen molar-refractivity contribution in [1.82, 2.24) is 15.5 Å². The van der Waals surface area contributed by atoms with E-state index >= 15 is 0 Å². The van der Waals surface area contributed by atoms with Crippen LogP contribution in [0.25, 0.3) is 0 Å². The van der Waals surface area contributed by atoms with Crippen molar-refractivity contribution < 1.29 is 58.7 Å². The van der Waals surface area contributed by atoms with Gasteiger partial charge in [0, 0.05) is 40.6 Å². The number of aromatic hydroxyl groups is 1. The van der Waals surface area contributed by atoms with Crippen LogP contribution in [0, 0.1) is 26.7 Å². The van der Waals surface area contributed by atoms with Crippen LogP contribution in [0.2, 0.25) is 0 Å². The Morgan fingerprint density at radius 1 is 0.789 bits per heavy atom. The Balaban J connectivity index is 0.000000284. The first kappa shape index (κ1) is 48.7. The minimum Gasteiger partial charge on any atom is -0.508 e. The van der Waals surface area contributed by atoms with Crippen LogP contribution in [0.4, 0.5) is 10.5 Å². The zero-order valence-corrected chi connectivity index (χ0v) is 34.4. The van der Waals surface area contributed by atoms with Gasteiger partial charge >= 0.3 is 6.09 Å². The number of amides is 7. The van der Waals surface area contributed by atoms with E-state index in [0.717, 1.165) is 0 Å². The van der Waals surface area contributed by atoms with Crippen LogP contribution in [0.3, 0.4) is 0 Å². The lowest BCUT2D eigenvalue weighted by atomic mass is 9.77. The van der Waals surface area contributed by atoms with Crippen molar-refractivity contribution in [3.05, 3.63) is 57.7 Å². The van der Waals surface area contributed by atoms with E-state index in [1.54, 1.807) is 39.8 Å². The van der Waals surface area contributed by atoms with E-state index in [0.29, 0.717) is 36.5 Å². The highest BCUT2D eigenvalue weighted by molar-refractivity contribution is 14.1. The Morgan fingerprint density at radius 3 is 1.79 bits per heavy atom. The summed E-state index contributed by atoms with van der Waals surface area (Å²) in [5.41, 5.74) is -1.95. The highest BCUT2D eigenvalue weighted by Gasteiger charge is 2.57. The van der Waals surface area contributed by atoms with Crippen LogP contribution in [-0.4, -0.2) is 105 Å². The smallest absolute Gasteiger partial charge is 0.424 e. The standard InChI is InChI=1S/C14H14N2O4.C13H18N2O5.C7H7I.C5H12O3.CH4/c17-10-3-1-9(2-4-10)16-8-7-14(13(16)20)6-5-11(18)15-12(14)19;1-12(2,3)20-11(19)15-8(16)4-5-13(10(15)18)6-7-14-9(13)17;1-6-2-4-7(8)5-3-6;1-5(2-6,3-7)4-8;/h1-4,17H,5-8H2,(H,15,18,19);4-7H2,1-3H3,(H,14,17);2-5H,1H3;6-8H,2-4H2,1H3;1H4. The number of phenols is 1. The van der Waals surface area contributed by atoms with Crippen molar-refractivity contribution in [3.8, 4) is 5.75 Å². The van der Waals surface area contributed by atoms with Crippen LogP contribution in [0.15, 0.2) is 48.5 Å². The van der Waals surface area contributed by atoms with Crippen molar-refractivity contribution in [2.45, 2.75) is 86.2 Å². The Kier molecular flexibility index (Phi) is 17.3. The molecule has 2 unspecified atom stereocenters. The third kappa shape index (κ3) is 12.0.